The van der Waals surface area contributed by atoms with Crippen LogP contribution >= 0.6 is 11.6 Å². The van der Waals surface area contributed by atoms with Crippen molar-refractivity contribution >= 4 is 29.0 Å². The minimum atomic E-state index is -0.447. The highest BCUT2D eigenvalue weighted by Gasteiger charge is 2.50. The van der Waals surface area contributed by atoms with Crippen LogP contribution in [-0.2, 0) is 4.79 Å². The SMILES string of the molecule is COc1ccc(Cl)cc1C(=O)CCCCN1CCC2(CC1)C(=O)NCN2c1ccccc1. The number of carbonyl (C=O) groups excluding carboxylic acids is 2. The molecule has 0 bridgehead atoms. The number of rotatable bonds is 8. The number of hydrogen-bond acceptors (Lipinski definition) is 5. The molecule has 2 saturated heterocycles. The number of para-hydroxylation sites is 1. The number of methoxy groups -OCH3 is 1. The molecule has 0 unspecified atom stereocenters. The number of amides is 1. The van der Waals surface area contributed by atoms with E-state index in [4.69, 9.17) is 16.3 Å². The maximum atomic E-state index is 12.8. The lowest BCUT2D eigenvalue weighted by atomic mass is 9.85. The van der Waals surface area contributed by atoms with Crippen LogP contribution in [0.3, 0.4) is 0 Å². The summed E-state index contributed by atoms with van der Waals surface area (Å²) in [6.45, 7) is 3.26. The molecule has 170 valence electrons. The zero-order valence-electron chi connectivity index (χ0n) is 18.5. The fourth-order valence-corrected chi connectivity index (χ4v) is 5.01. The van der Waals surface area contributed by atoms with Crippen LogP contribution in [0.4, 0.5) is 5.69 Å². The fourth-order valence-electron chi connectivity index (χ4n) is 4.83. The lowest BCUT2D eigenvalue weighted by Crippen LogP contribution is -2.56. The van der Waals surface area contributed by atoms with Crippen LogP contribution in [0, 0.1) is 0 Å². The summed E-state index contributed by atoms with van der Waals surface area (Å²) in [7, 11) is 1.56. The number of ketones is 1. The number of likely N-dealkylation sites (tertiary alicyclic amines) is 1. The Hall–Kier alpha value is -2.57. The Bertz CT molecular complexity index is 958. The van der Waals surface area contributed by atoms with Crippen molar-refractivity contribution in [2.24, 2.45) is 0 Å². The highest BCUT2D eigenvalue weighted by atomic mass is 35.5. The highest BCUT2D eigenvalue weighted by Crippen LogP contribution is 2.36. The predicted molar refractivity (Wildman–Crippen MR) is 127 cm³/mol. The molecule has 4 rings (SSSR count). The van der Waals surface area contributed by atoms with Crippen molar-refractivity contribution in [3.8, 4) is 5.75 Å². The average molecular weight is 456 g/mol. The van der Waals surface area contributed by atoms with Gasteiger partial charge in [0.15, 0.2) is 5.78 Å². The van der Waals surface area contributed by atoms with Crippen molar-refractivity contribution in [3.63, 3.8) is 0 Å². The molecule has 7 heteroatoms. The number of unbranched alkanes of at least 4 members (excludes halogenated alkanes) is 1. The van der Waals surface area contributed by atoms with E-state index in [1.165, 1.54) is 0 Å². The second-order valence-electron chi connectivity index (χ2n) is 8.53. The molecule has 0 saturated carbocycles. The number of ether oxygens (including phenoxy) is 1. The maximum Gasteiger partial charge on any atom is 0.247 e. The number of nitrogens with one attached hydrogen (secondary N) is 1. The Labute approximate surface area is 194 Å². The standard InChI is InChI=1S/C25H30ClN3O3/c1-32-23-11-10-19(26)17-21(23)22(30)9-5-6-14-28-15-12-25(13-16-28)24(31)27-18-29(25)20-7-3-2-4-8-20/h2-4,7-8,10-11,17H,5-6,9,12-16,18H2,1H3,(H,27,31). The number of piperidine rings is 1. The summed E-state index contributed by atoms with van der Waals surface area (Å²) in [6, 6.07) is 15.3. The number of Topliss-reactive ketones (excluding diaryl/α,β-unsaturated/α-hetero) is 1. The Balaban J connectivity index is 1.26. The van der Waals surface area contributed by atoms with Crippen molar-refractivity contribution in [1.82, 2.24) is 10.2 Å². The van der Waals surface area contributed by atoms with Crippen LogP contribution in [0.1, 0.15) is 42.5 Å². The van der Waals surface area contributed by atoms with Crippen LogP contribution in [0.15, 0.2) is 48.5 Å². The summed E-state index contributed by atoms with van der Waals surface area (Å²) in [5.74, 6) is 0.767. The van der Waals surface area contributed by atoms with Gasteiger partial charge >= 0.3 is 0 Å². The third kappa shape index (κ3) is 4.62. The van der Waals surface area contributed by atoms with Crippen LogP contribution in [0.25, 0.3) is 0 Å². The van der Waals surface area contributed by atoms with Gasteiger partial charge in [-0.3, -0.25) is 9.59 Å². The van der Waals surface area contributed by atoms with Gasteiger partial charge in [0.1, 0.15) is 11.3 Å². The van der Waals surface area contributed by atoms with E-state index in [9.17, 15) is 9.59 Å². The number of anilines is 1. The highest BCUT2D eigenvalue weighted by molar-refractivity contribution is 6.31. The molecular weight excluding hydrogens is 426 g/mol. The van der Waals surface area contributed by atoms with Gasteiger partial charge in [-0.2, -0.15) is 0 Å². The number of nitrogens with zero attached hydrogens (tertiary/aromatic N) is 2. The van der Waals surface area contributed by atoms with Crippen LogP contribution < -0.4 is 15.0 Å². The van der Waals surface area contributed by atoms with E-state index >= 15 is 0 Å². The fraction of sp³-hybridized carbons (Fsp3) is 0.440. The van der Waals surface area contributed by atoms with Gasteiger partial charge in [-0.05, 0) is 62.6 Å². The zero-order chi connectivity index (χ0) is 22.6. The molecule has 0 radical (unpaired) electrons. The first-order valence-electron chi connectivity index (χ1n) is 11.2. The summed E-state index contributed by atoms with van der Waals surface area (Å²) in [4.78, 5) is 30.0. The van der Waals surface area contributed by atoms with E-state index in [-0.39, 0.29) is 11.7 Å². The van der Waals surface area contributed by atoms with E-state index < -0.39 is 5.54 Å². The molecule has 1 amide bonds. The van der Waals surface area contributed by atoms with E-state index in [0.717, 1.165) is 51.0 Å². The molecule has 2 aliphatic rings. The molecule has 0 aromatic heterocycles. The summed E-state index contributed by atoms with van der Waals surface area (Å²) in [6.07, 6.45) is 3.85. The van der Waals surface area contributed by atoms with Gasteiger partial charge in [0.05, 0.1) is 19.3 Å². The van der Waals surface area contributed by atoms with Crippen molar-refractivity contribution in [1.29, 1.82) is 0 Å². The Kier molecular flexibility index (Phi) is 7.01. The van der Waals surface area contributed by atoms with Gasteiger partial charge < -0.3 is 19.9 Å². The molecule has 2 aromatic carbocycles. The average Bonchev–Trinajstić information content (AvgIpc) is 3.13. The zero-order valence-corrected chi connectivity index (χ0v) is 19.2. The molecule has 1 N–H and O–H groups in total. The number of benzene rings is 2. The minimum Gasteiger partial charge on any atom is -0.496 e. The van der Waals surface area contributed by atoms with Gasteiger partial charge in [-0.15, -0.1) is 0 Å². The first-order valence-corrected chi connectivity index (χ1v) is 11.6. The lowest BCUT2D eigenvalue weighted by Gasteiger charge is -2.43. The van der Waals surface area contributed by atoms with Crippen molar-refractivity contribution in [2.45, 2.75) is 37.6 Å². The molecular formula is C25H30ClN3O3. The number of halogens is 1. The molecule has 2 heterocycles. The lowest BCUT2D eigenvalue weighted by molar-refractivity contribution is -0.125. The van der Waals surface area contributed by atoms with E-state index in [1.54, 1.807) is 25.3 Å². The minimum absolute atomic E-state index is 0.0584. The Morgan fingerprint density at radius 3 is 2.59 bits per heavy atom. The normalized spacial score (nSPS) is 18.1. The summed E-state index contributed by atoms with van der Waals surface area (Å²) >= 11 is 6.05. The molecule has 6 nitrogen and oxygen atoms in total. The van der Waals surface area contributed by atoms with Crippen LogP contribution in [0.5, 0.6) is 5.75 Å². The quantitative estimate of drug-likeness (QED) is 0.479. The number of hydrogen-bond donors (Lipinski definition) is 1. The van der Waals surface area contributed by atoms with E-state index in [1.807, 2.05) is 18.2 Å². The molecule has 2 aliphatic heterocycles. The molecule has 2 fully saturated rings. The predicted octanol–water partition coefficient (Wildman–Crippen LogP) is 4.13. The molecule has 2 aromatic rings. The van der Waals surface area contributed by atoms with E-state index in [2.05, 4.69) is 27.2 Å². The van der Waals surface area contributed by atoms with Gasteiger partial charge in [-0.25, -0.2) is 0 Å². The summed E-state index contributed by atoms with van der Waals surface area (Å²) in [5, 5.41) is 3.59. The largest absolute Gasteiger partial charge is 0.496 e. The first kappa shape index (κ1) is 22.6. The molecule has 32 heavy (non-hydrogen) atoms. The van der Waals surface area contributed by atoms with Crippen LogP contribution in [-0.4, -0.2) is 55.5 Å². The maximum absolute atomic E-state index is 12.8. The summed E-state index contributed by atoms with van der Waals surface area (Å²) in [5.41, 5.74) is 1.19. The molecule has 0 aliphatic carbocycles. The second kappa shape index (κ2) is 9.92. The smallest absolute Gasteiger partial charge is 0.247 e. The van der Waals surface area contributed by atoms with Crippen molar-refractivity contribution in [2.75, 3.05) is 38.3 Å². The molecule has 1 spiro atoms. The van der Waals surface area contributed by atoms with E-state index in [0.29, 0.717) is 29.4 Å². The number of carbonyl (C=O) groups is 2. The van der Waals surface area contributed by atoms with Crippen LogP contribution in [0.2, 0.25) is 5.02 Å². The summed E-state index contributed by atoms with van der Waals surface area (Å²) < 4.78 is 5.29. The van der Waals surface area contributed by atoms with Gasteiger partial charge in [0.25, 0.3) is 0 Å². The molecule has 0 atom stereocenters. The third-order valence-corrected chi connectivity index (χ3v) is 6.91. The van der Waals surface area contributed by atoms with Gasteiger partial charge in [0.2, 0.25) is 5.91 Å². The van der Waals surface area contributed by atoms with Crippen molar-refractivity contribution in [3.05, 3.63) is 59.1 Å². The van der Waals surface area contributed by atoms with Gasteiger partial charge in [0, 0.05) is 30.2 Å². The second-order valence-corrected chi connectivity index (χ2v) is 8.96. The Morgan fingerprint density at radius 2 is 1.88 bits per heavy atom. The topological polar surface area (TPSA) is 61.9 Å². The Morgan fingerprint density at radius 1 is 1.12 bits per heavy atom. The van der Waals surface area contributed by atoms with Crippen molar-refractivity contribution < 1.29 is 14.3 Å². The first-order chi connectivity index (χ1) is 15.5. The third-order valence-electron chi connectivity index (χ3n) is 6.68. The monoisotopic (exact) mass is 455 g/mol. The van der Waals surface area contributed by atoms with Gasteiger partial charge in [-0.1, -0.05) is 29.8 Å².